The van der Waals surface area contributed by atoms with Gasteiger partial charge in [0.25, 0.3) is 0 Å². The highest BCUT2D eigenvalue weighted by Gasteiger charge is 2.19. The third-order valence-corrected chi connectivity index (χ3v) is 5.73. The van der Waals surface area contributed by atoms with Crippen molar-refractivity contribution in [2.45, 2.75) is 0 Å². The number of anilines is 1. The zero-order valence-corrected chi connectivity index (χ0v) is 19.8. The van der Waals surface area contributed by atoms with Crippen LogP contribution < -0.4 is 10.2 Å². The van der Waals surface area contributed by atoms with E-state index in [2.05, 4.69) is 41.2 Å². The van der Waals surface area contributed by atoms with Gasteiger partial charge in [-0.1, -0.05) is 0 Å². The van der Waals surface area contributed by atoms with E-state index in [-0.39, 0.29) is 27.2 Å². The Labute approximate surface area is 207 Å². The van der Waals surface area contributed by atoms with E-state index >= 15 is 0 Å². The summed E-state index contributed by atoms with van der Waals surface area (Å²) in [7, 11) is 0. The number of hydrogen-bond donors (Lipinski definition) is 1. The van der Waals surface area contributed by atoms with E-state index in [1.165, 1.54) is 36.9 Å². The van der Waals surface area contributed by atoms with Crippen molar-refractivity contribution in [2.24, 2.45) is 0 Å². The number of aromatic nitrogens is 4. The number of nitrogens with one attached hydrogen (secondary N) is 1. The van der Waals surface area contributed by atoms with Gasteiger partial charge in [0.15, 0.2) is 11.6 Å². The number of benzene rings is 2. The Bertz CT molecular complexity index is 1290. The van der Waals surface area contributed by atoms with E-state index in [9.17, 15) is 17.6 Å². The maximum absolute atomic E-state index is 14.2. The number of nitrogens with zero attached hydrogens (tertiary/aromatic N) is 5. The van der Waals surface area contributed by atoms with E-state index in [4.69, 9.17) is 0 Å². The normalized spacial score (nSPS) is 13.2. The Morgan fingerprint density at radius 2 is 1.14 bits per heavy atom. The minimum atomic E-state index is -0.561. The SMILES string of the molecule is Fc1cc(-c2ncccn2)c(F)cc1Br.Fc1cc(N2CCNCC2)c(F)cc1-c1ncccn1. The lowest BCUT2D eigenvalue weighted by Crippen LogP contribution is -2.43. The fraction of sp³-hybridized carbons (Fsp3) is 0.167. The lowest BCUT2D eigenvalue weighted by Gasteiger charge is -2.29. The van der Waals surface area contributed by atoms with Gasteiger partial charge in [0.1, 0.15) is 23.3 Å². The first-order chi connectivity index (χ1) is 16.9. The minimum Gasteiger partial charge on any atom is -0.367 e. The molecule has 0 radical (unpaired) electrons. The van der Waals surface area contributed by atoms with E-state index < -0.39 is 23.3 Å². The van der Waals surface area contributed by atoms with E-state index in [1.54, 1.807) is 12.1 Å². The predicted molar refractivity (Wildman–Crippen MR) is 128 cm³/mol. The molecule has 0 saturated carbocycles. The van der Waals surface area contributed by atoms with Gasteiger partial charge in [0.2, 0.25) is 0 Å². The largest absolute Gasteiger partial charge is 0.367 e. The Balaban J connectivity index is 0.000000172. The molecule has 3 heterocycles. The molecule has 35 heavy (non-hydrogen) atoms. The van der Waals surface area contributed by atoms with E-state index in [0.29, 0.717) is 18.8 Å². The summed E-state index contributed by atoms with van der Waals surface area (Å²) in [5.41, 5.74) is 0.432. The first-order valence-corrected chi connectivity index (χ1v) is 11.4. The van der Waals surface area contributed by atoms with Gasteiger partial charge in [-0.3, -0.25) is 0 Å². The van der Waals surface area contributed by atoms with Crippen molar-refractivity contribution < 1.29 is 17.6 Å². The quantitative estimate of drug-likeness (QED) is 0.287. The van der Waals surface area contributed by atoms with Gasteiger partial charge >= 0.3 is 0 Å². The molecule has 0 atom stereocenters. The maximum Gasteiger partial charge on any atom is 0.162 e. The van der Waals surface area contributed by atoms with Crippen LogP contribution in [0.1, 0.15) is 0 Å². The summed E-state index contributed by atoms with van der Waals surface area (Å²) in [5, 5.41) is 3.18. The van der Waals surface area contributed by atoms with Gasteiger partial charge in [0, 0.05) is 57.0 Å². The highest BCUT2D eigenvalue weighted by molar-refractivity contribution is 9.10. The summed E-state index contributed by atoms with van der Waals surface area (Å²) in [6.07, 6.45) is 5.96. The number of piperazine rings is 1. The molecule has 1 aliphatic heterocycles. The minimum absolute atomic E-state index is 0.0521. The molecule has 1 fully saturated rings. The summed E-state index contributed by atoms with van der Waals surface area (Å²) >= 11 is 2.90. The monoisotopic (exact) mass is 546 g/mol. The van der Waals surface area contributed by atoms with Crippen LogP contribution in [0.25, 0.3) is 22.8 Å². The van der Waals surface area contributed by atoms with Crippen molar-refractivity contribution in [3.05, 3.63) is 88.9 Å². The third-order valence-electron chi connectivity index (χ3n) is 5.12. The van der Waals surface area contributed by atoms with Crippen LogP contribution in [-0.2, 0) is 0 Å². The second kappa shape index (κ2) is 11.3. The topological polar surface area (TPSA) is 66.8 Å². The van der Waals surface area contributed by atoms with Gasteiger partial charge in [-0.25, -0.2) is 37.5 Å². The summed E-state index contributed by atoms with van der Waals surface area (Å²) in [5.74, 6) is -1.70. The van der Waals surface area contributed by atoms with Crippen molar-refractivity contribution >= 4 is 21.6 Å². The molecule has 0 unspecified atom stereocenters. The fourth-order valence-electron chi connectivity index (χ4n) is 3.43. The standard InChI is InChI=1S/C14H14F2N4.C10H5BrF2N2/c15-11-9-13(20-6-4-17-5-7-20)12(16)8-10(11)14-18-2-1-3-19-14;11-7-5-8(12)6(4-9(7)13)10-14-2-1-3-15-10/h1-3,8-9,17H,4-7H2;1-5H. The molecule has 0 amide bonds. The molecule has 1 saturated heterocycles. The second-order valence-electron chi connectivity index (χ2n) is 7.41. The van der Waals surface area contributed by atoms with Crippen LogP contribution in [-0.4, -0.2) is 46.1 Å². The van der Waals surface area contributed by atoms with Crippen molar-refractivity contribution in [2.75, 3.05) is 31.1 Å². The number of hydrogen-bond acceptors (Lipinski definition) is 6. The summed E-state index contributed by atoms with van der Waals surface area (Å²) in [6, 6.07) is 7.76. The van der Waals surface area contributed by atoms with Crippen LogP contribution in [0.5, 0.6) is 0 Å². The smallest absolute Gasteiger partial charge is 0.162 e. The average molecular weight is 547 g/mol. The fourth-order valence-corrected chi connectivity index (χ4v) is 3.74. The highest BCUT2D eigenvalue weighted by atomic mass is 79.9. The zero-order chi connectivity index (χ0) is 24.8. The van der Waals surface area contributed by atoms with E-state index in [0.717, 1.165) is 25.2 Å². The summed E-state index contributed by atoms with van der Waals surface area (Å²) in [4.78, 5) is 17.4. The lowest BCUT2D eigenvalue weighted by atomic mass is 10.1. The molecule has 4 aromatic rings. The molecule has 11 heteroatoms. The molecule has 0 bridgehead atoms. The maximum atomic E-state index is 14.2. The first-order valence-electron chi connectivity index (χ1n) is 10.6. The van der Waals surface area contributed by atoms with Crippen LogP contribution in [0.15, 0.2) is 65.7 Å². The average Bonchev–Trinajstić information content (AvgIpc) is 2.89. The van der Waals surface area contributed by atoms with Gasteiger partial charge in [-0.15, -0.1) is 0 Å². The molecule has 2 aromatic carbocycles. The van der Waals surface area contributed by atoms with Gasteiger partial charge in [-0.05, 0) is 46.3 Å². The molecule has 0 aliphatic carbocycles. The van der Waals surface area contributed by atoms with Crippen LogP contribution in [0.3, 0.4) is 0 Å². The van der Waals surface area contributed by atoms with Gasteiger partial charge < -0.3 is 10.2 Å². The molecule has 180 valence electrons. The molecular weight excluding hydrogens is 528 g/mol. The van der Waals surface area contributed by atoms with Crippen LogP contribution in [0.4, 0.5) is 23.2 Å². The van der Waals surface area contributed by atoms with Crippen molar-refractivity contribution in [3.63, 3.8) is 0 Å². The molecule has 0 spiro atoms. The number of halogens is 5. The molecule has 1 aliphatic rings. The number of rotatable bonds is 3. The highest BCUT2D eigenvalue weighted by Crippen LogP contribution is 2.28. The Kier molecular flexibility index (Phi) is 7.98. The van der Waals surface area contributed by atoms with Crippen LogP contribution >= 0.6 is 15.9 Å². The van der Waals surface area contributed by atoms with E-state index in [1.807, 2.05) is 4.90 Å². The van der Waals surface area contributed by atoms with Crippen LogP contribution in [0.2, 0.25) is 0 Å². The molecular formula is C24H19BrF4N6. The molecule has 1 N–H and O–H groups in total. The Hall–Kier alpha value is -3.44. The summed E-state index contributed by atoms with van der Waals surface area (Å²) in [6.45, 7) is 2.87. The van der Waals surface area contributed by atoms with Crippen LogP contribution in [0, 0.1) is 23.3 Å². The Morgan fingerprint density at radius 3 is 1.69 bits per heavy atom. The third kappa shape index (κ3) is 5.98. The first kappa shape index (κ1) is 24.7. The second-order valence-corrected chi connectivity index (χ2v) is 8.27. The summed E-state index contributed by atoms with van der Waals surface area (Å²) < 4.78 is 55.1. The van der Waals surface area contributed by atoms with Crippen molar-refractivity contribution in [3.8, 4) is 22.8 Å². The van der Waals surface area contributed by atoms with Crippen molar-refractivity contribution in [1.29, 1.82) is 0 Å². The van der Waals surface area contributed by atoms with Crippen molar-refractivity contribution in [1.82, 2.24) is 25.3 Å². The van der Waals surface area contributed by atoms with Gasteiger partial charge in [0.05, 0.1) is 21.3 Å². The molecule has 6 nitrogen and oxygen atoms in total. The Morgan fingerprint density at radius 1 is 0.657 bits per heavy atom. The lowest BCUT2D eigenvalue weighted by molar-refractivity contribution is 0.558. The molecule has 2 aromatic heterocycles. The predicted octanol–water partition coefficient (Wildman–Crippen LogP) is 5.02. The van der Waals surface area contributed by atoms with Gasteiger partial charge in [-0.2, -0.15) is 0 Å². The molecule has 5 rings (SSSR count). The zero-order valence-electron chi connectivity index (χ0n) is 18.2.